The Labute approximate surface area is 218 Å². The number of hydrazine groups is 1. The van der Waals surface area contributed by atoms with Crippen LogP contribution in [0, 0.1) is 23.7 Å². The van der Waals surface area contributed by atoms with Gasteiger partial charge in [0.2, 0.25) is 11.8 Å². The van der Waals surface area contributed by atoms with E-state index in [1.54, 1.807) is 36.4 Å². The third-order valence-corrected chi connectivity index (χ3v) is 7.93. The van der Waals surface area contributed by atoms with E-state index >= 15 is 0 Å². The zero-order chi connectivity index (χ0) is 26.1. The zero-order valence-electron chi connectivity index (χ0n) is 19.9. The van der Waals surface area contributed by atoms with Crippen molar-refractivity contribution in [2.24, 2.45) is 23.7 Å². The standard InChI is InChI=1S/C27H26ClN3O6/c28-19-9-5-4-8-18(19)24(33)30-29-21(32)14-37-27(36)20(12-15-6-2-1-3-7-15)31-25(34)22-16-10-11-17(13-16)23(22)26(31)35/h1-9,16-17,20,22-23H,10-14H2,(H,29,32)(H,30,33)/t16-,17-,20-,22-,23+/m0/s1. The van der Waals surface area contributed by atoms with Crippen LogP contribution in [0.5, 0.6) is 0 Å². The van der Waals surface area contributed by atoms with E-state index in [0.29, 0.717) is 0 Å². The second kappa shape index (κ2) is 10.3. The smallest absolute Gasteiger partial charge is 0.330 e. The molecule has 4 amide bonds. The number of hydrogen-bond acceptors (Lipinski definition) is 6. The fourth-order valence-electron chi connectivity index (χ4n) is 5.96. The lowest BCUT2D eigenvalue weighted by Crippen LogP contribution is -2.49. The topological polar surface area (TPSA) is 122 Å². The number of esters is 1. The van der Waals surface area contributed by atoms with Crippen LogP contribution < -0.4 is 10.9 Å². The number of fused-ring (bicyclic) bond motifs is 5. The zero-order valence-corrected chi connectivity index (χ0v) is 20.6. The molecule has 1 heterocycles. The molecule has 1 aliphatic heterocycles. The average molecular weight is 524 g/mol. The van der Waals surface area contributed by atoms with Crippen molar-refractivity contribution >= 4 is 41.2 Å². The van der Waals surface area contributed by atoms with Crippen molar-refractivity contribution in [3.63, 3.8) is 0 Å². The van der Waals surface area contributed by atoms with Gasteiger partial charge in [0.05, 0.1) is 22.4 Å². The van der Waals surface area contributed by atoms with E-state index in [1.165, 1.54) is 12.1 Å². The van der Waals surface area contributed by atoms with Crippen molar-refractivity contribution in [2.45, 2.75) is 31.7 Å². The molecule has 0 spiro atoms. The van der Waals surface area contributed by atoms with Crippen molar-refractivity contribution in [1.29, 1.82) is 0 Å². The van der Waals surface area contributed by atoms with E-state index in [4.69, 9.17) is 16.3 Å². The lowest BCUT2D eigenvalue weighted by Gasteiger charge is -2.26. The molecule has 3 fully saturated rings. The summed E-state index contributed by atoms with van der Waals surface area (Å²) in [4.78, 5) is 65.5. The Morgan fingerprint density at radius 1 is 0.919 bits per heavy atom. The molecule has 5 atom stereocenters. The SMILES string of the molecule is O=C(COC(=O)[C@H](Cc1ccccc1)N1C(=O)[C@@H]2[C@H]3CC[C@@H](C3)[C@@H]2C1=O)NNC(=O)c1ccccc1Cl. The monoisotopic (exact) mass is 523 g/mol. The van der Waals surface area contributed by atoms with Crippen molar-refractivity contribution in [3.05, 3.63) is 70.7 Å². The van der Waals surface area contributed by atoms with Crippen molar-refractivity contribution in [3.8, 4) is 0 Å². The van der Waals surface area contributed by atoms with Gasteiger partial charge in [0, 0.05) is 6.42 Å². The normalized spacial score (nSPS) is 24.5. The number of amides is 4. The van der Waals surface area contributed by atoms with Gasteiger partial charge in [-0.3, -0.25) is 34.9 Å². The summed E-state index contributed by atoms with van der Waals surface area (Å²) in [6.07, 6.45) is 2.81. The first-order valence-electron chi connectivity index (χ1n) is 12.3. The first-order chi connectivity index (χ1) is 17.8. The number of nitrogens with one attached hydrogen (secondary N) is 2. The molecule has 2 aromatic carbocycles. The molecule has 3 aliphatic rings. The maximum atomic E-state index is 13.4. The summed E-state index contributed by atoms with van der Waals surface area (Å²) in [5, 5.41) is 0.211. The van der Waals surface area contributed by atoms with Gasteiger partial charge in [0.15, 0.2) is 6.61 Å². The molecule has 192 valence electrons. The molecule has 10 heteroatoms. The van der Waals surface area contributed by atoms with E-state index in [9.17, 15) is 24.0 Å². The number of imide groups is 1. The van der Waals surface area contributed by atoms with Gasteiger partial charge in [-0.2, -0.15) is 0 Å². The van der Waals surface area contributed by atoms with E-state index in [0.717, 1.165) is 29.7 Å². The minimum absolute atomic E-state index is 0.0801. The molecule has 0 aromatic heterocycles. The number of halogens is 1. The maximum absolute atomic E-state index is 13.4. The summed E-state index contributed by atoms with van der Waals surface area (Å²) in [7, 11) is 0. The highest BCUT2D eigenvalue weighted by molar-refractivity contribution is 6.33. The fourth-order valence-corrected chi connectivity index (χ4v) is 6.19. The minimum Gasteiger partial charge on any atom is -0.454 e. The highest BCUT2D eigenvalue weighted by atomic mass is 35.5. The van der Waals surface area contributed by atoms with E-state index < -0.39 is 30.4 Å². The Morgan fingerprint density at radius 3 is 2.19 bits per heavy atom. The Morgan fingerprint density at radius 2 is 1.54 bits per heavy atom. The molecule has 0 radical (unpaired) electrons. The molecule has 37 heavy (non-hydrogen) atoms. The van der Waals surface area contributed by atoms with Crippen molar-refractivity contribution in [1.82, 2.24) is 15.8 Å². The molecule has 2 saturated carbocycles. The Kier molecular flexibility index (Phi) is 6.97. The summed E-state index contributed by atoms with van der Waals surface area (Å²) in [5.41, 5.74) is 5.30. The first-order valence-corrected chi connectivity index (χ1v) is 12.6. The fraction of sp³-hybridized carbons (Fsp3) is 0.370. The minimum atomic E-state index is -1.18. The third kappa shape index (κ3) is 4.83. The molecule has 2 N–H and O–H groups in total. The van der Waals surface area contributed by atoms with Gasteiger partial charge in [0.25, 0.3) is 11.8 Å². The first kappa shape index (κ1) is 25.0. The largest absolute Gasteiger partial charge is 0.454 e. The molecular weight excluding hydrogens is 498 g/mol. The van der Waals surface area contributed by atoms with Crippen LogP contribution in [0.2, 0.25) is 5.02 Å². The lowest BCUT2D eigenvalue weighted by atomic mass is 9.81. The van der Waals surface area contributed by atoms with Crippen LogP contribution in [0.3, 0.4) is 0 Å². The van der Waals surface area contributed by atoms with E-state index in [-0.39, 0.29) is 52.5 Å². The van der Waals surface area contributed by atoms with Crippen LogP contribution >= 0.6 is 11.6 Å². The number of hydrogen-bond donors (Lipinski definition) is 2. The van der Waals surface area contributed by atoms with E-state index in [2.05, 4.69) is 10.9 Å². The Bertz CT molecular complexity index is 1220. The highest BCUT2D eigenvalue weighted by Gasteiger charge is 2.62. The average Bonchev–Trinajstić information content (AvgIpc) is 3.59. The van der Waals surface area contributed by atoms with Crippen LogP contribution in [0.15, 0.2) is 54.6 Å². The maximum Gasteiger partial charge on any atom is 0.330 e. The van der Waals surface area contributed by atoms with E-state index in [1.807, 2.05) is 6.07 Å². The predicted molar refractivity (Wildman–Crippen MR) is 132 cm³/mol. The van der Waals surface area contributed by atoms with Crippen molar-refractivity contribution in [2.75, 3.05) is 6.61 Å². The molecule has 2 aliphatic carbocycles. The number of benzene rings is 2. The predicted octanol–water partition coefficient (Wildman–Crippen LogP) is 2.29. The van der Waals surface area contributed by atoms with Gasteiger partial charge in [0.1, 0.15) is 6.04 Å². The third-order valence-electron chi connectivity index (χ3n) is 7.60. The summed E-state index contributed by atoms with van der Waals surface area (Å²) in [6.45, 7) is -0.707. The second-order valence-corrected chi connectivity index (χ2v) is 10.1. The summed E-state index contributed by atoms with van der Waals surface area (Å²) >= 11 is 5.98. The molecule has 2 aromatic rings. The van der Waals surface area contributed by atoms with Crippen LogP contribution in [-0.2, 0) is 30.3 Å². The number of rotatable bonds is 7. The Balaban J connectivity index is 1.25. The van der Waals surface area contributed by atoms with Gasteiger partial charge >= 0.3 is 5.97 Å². The van der Waals surface area contributed by atoms with Crippen LogP contribution in [0.25, 0.3) is 0 Å². The van der Waals surface area contributed by atoms with Gasteiger partial charge in [-0.15, -0.1) is 0 Å². The second-order valence-electron chi connectivity index (χ2n) is 9.73. The van der Waals surface area contributed by atoms with Crippen LogP contribution in [-0.4, -0.2) is 47.1 Å². The molecule has 0 unspecified atom stereocenters. The summed E-state index contributed by atoms with van der Waals surface area (Å²) in [6, 6.07) is 14.2. The highest BCUT2D eigenvalue weighted by Crippen LogP contribution is 2.56. The summed E-state index contributed by atoms with van der Waals surface area (Å²) < 4.78 is 5.23. The lowest BCUT2D eigenvalue weighted by molar-refractivity contribution is -0.160. The molecule has 5 rings (SSSR count). The molecule has 9 nitrogen and oxygen atoms in total. The number of nitrogens with zero attached hydrogens (tertiary/aromatic N) is 1. The molecule has 1 saturated heterocycles. The number of ether oxygens (including phenoxy) is 1. The van der Waals surface area contributed by atoms with Gasteiger partial charge < -0.3 is 4.74 Å². The Hall–Kier alpha value is -3.72. The van der Waals surface area contributed by atoms with Gasteiger partial charge in [-0.05, 0) is 48.8 Å². The number of carbonyl (C=O) groups excluding carboxylic acids is 5. The van der Waals surface area contributed by atoms with Gasteiger partial charge in [-0.1, -0.05) is 54.1 Å². The summed E-state index contributed by atoms with van der Waals surface area (Å²) in [5.74, 6) is -3.32. The molecule has 2 bridgehead atoms. The van der Waals surface area contributed by atoms with Crippen LogP contribution in [0.4, 0.5) is 0 Å². The van der Waals surface area contributed by atoms with Gasteiger partial charge in [-0.25, -0.2) is 4.79 Å². The quantitative estimate of drug-likeness (QED) is 0.326. The molecular formula is C27H26ClN3O6. The van der Waals surface area contributed by atoms with Crippen LogP contribution in [0.1, 0.15) is 35.2 Å². The number of likely N-dealkylation sites (tertiary alicyclic amines) is 1. The number of carbonyl (C=O) groups is 5. The van der Waals surface area contributed by atoms with Crippen molar-refractivity contribution < 1.29 is 28.7 Å².